The van der Waals surface area contributed by atoms with Gasteiger partial charge in [0.05, 0.1) is 0 Å². The summed E-state index contributed by atoms with van der Waals surface area (Å²) in [6, 6.07) is -0.989. The second-order valence-corrected chi connectivity index (χ2v) is 3.14. The van der Waals surface area contributed by atoms with Gasteiger partial charge in [0.2, 0.25) is 0 Å². The molecule has 0 aliphatic carbocycles. The molecule has 0 radical (unpaired) electrons. The SMILES string of the molecule is COCCC(NC(=O)C(CN)OC)C(=O)O. The predicted molar refractivity (Wildman–Crippen MR) is 55.9 cm³/mol. The zero-order valence-electron chi connectivity index (χ0n) is 9.43. The molecule has 0 rings (SSSR count). The molecule has 0 fully saturated rings. The molecule has 0 aromatic heterocycles. The molecule has 1 amide bonds. The lowest BCUT2D eigenvalue weighted by atomic mass is 10.2. The Bertz CT molecular complexity index is 230. The van der Waals surface area contributed by atoms with Crippen molar-refractivity contribution in [3.63, 3.8) is 0 Å². The van der Waals surface area contributed by atoms with Gasteiger partial charge in [0.1, 0.15) is 12.1 Å². The fourth-order valence-electron chi connectivity index (χ4n) is 1.07. The zero-order valence-corrected chi connectivity index (χ0v) is 9.43. The minimum atomic E-state index is -1.11. The lowest BCUT2D eigenvalue weighted by Gasteiger charge is -2.18. The average Bonchev–Trinajstić information content (AvgIpc) is 2.25. The molecule has 7 nitrogen and oxygen atoms in total. The maximum absolute atomic E-state index is 11.5. The molecule has 0 heterocycles. The third-order valence-corrected chi connectivity index (χ3v) is 2.02. The number of hydrogen-bond donors (Lipinski definition) is 3. The van der Waals surface area contributed by atoms with Crippen LogP contribution >= 0.6 is 0 Å². The number of rotatable bonds is 8. The van der Waals surface area contributed by atoms with Crippen LogP contribution in [0.1, 0.15) is 6.42 Å². The van der Waals surface area contributed by atoms with Crippen molar-refractivity contribution < 1.29 is 24.2 Å². The third kappa shape index (κ3) is 5.06. The zero-order chi connectivity index (χ0) is 12.6. The molecule has 0 aromatic carbocycles. The number of methoxy groups -OCH3 is 2. The van der Waals surface area contributed by atoms with Crippen molar-refractivity contribution >= 4 is 11.9 Å². The number of carbonyl (C=O) groups is 2. The Balaban J connectivity index is 4.27. The fraction of sp³-hybridized carbons (Fsp3) is 0.778. The second kappa shape index (κ2) is 8.03. The number of carboxylic acids is 1. The van der Waals surface area contributed by atoms with Gasteiger partial charge in [0.25, 0.3) is 5.91 Å². The van der Waals surface area contributed by atoms with E-state index in [1.165, 1.54) is 14.2 Å². The summed E-state index contributed by atoms with van der Waals surface area (Å²) in [7, 11) is 2.79. The highest BCUT2D eigenvalue weighted by Gasteiger charge is 2.23. The Morgan fingerprint density at radius 2 is 2.06 bits per heavy atom. The first-order valence-electron chi connectivity index (χ1n) is 4.81. The number of aliphatic carboxylic acids is 1. The van der Waals surface area contributed by atoms with Crippen LogP contribution in [0.2, 0.25) is 0 Å². The molecule has 7 heteroatoms. The van der Waals surface area contributed by atoms with Crippen molar-refractivity contribution in [1.82, 2.24) is 5.32 Å². The molecule has 0 saturated carbocycles. The molecule has 2 unspecified atom stereocenters. The average molecular weight is 234 g/mol. The largest absolute Gasteiger partial charge is 0.480 e. The van der Waals surface area contributed by atoms with E-state index in [0.717, 1.165) is 0 Å². The van der Waals surface area contributed by atoms with Crippen LogP contribution < -0.4 is 11.1 Å². The van der Waals surface area contributed by atoms with Crippen LogP contribution in [0.5, 0.6) is 0 Å². The second-order valence-electron chi connectivity index (χ2n) is 3.14. The standard InChI is InChI=1S/C9H18N2O5/c1-15-4-3-6(9(13)14)11-8(12)7(5-10)16-2/h6-7H,3-5,10H2,1-2H3,(H,11,12)(H,13,14). The summed E-state index contributed by atoms with van der Waals surface area (Å²) < 4.78 is 9.53. The minimum Gasteiger partial charge on any atom is -0.480 e. The van der Waals surface area contributed by atoms with Crippen molar-refractivity contribution in [3.8, 4) is 0 Å². The molecule has 0 aliphatic rings. The van der Waals surface area contributed by atoms with Crippen LogP contribution in [0.25, 0.3) is 0 Å². The van der Waals surface area contributed by atoms with Gasteiger partial charge in [0.15, 0.2) is 0 Å². The van der Waals surface area contributed by atoms with Crippen LogP contribution in [-0.2, 0) is 19.1 Å². The van der Waals surface area contributed by atoms with Crippen molar-refractivity contribution in [2.45, 2.75) is 18.6 Å². The van der Waals surface area contributed by atoms with E-state index in [1.807, 2.05) is 0 Å². The first kappa shape index (κ1) is 14.8. The Kier molecular flexibility index (Phi) is 7.44. The van der Waals surface area contributed by atoms with Gasteiger partial charge in [-0.25, -0.2) is 4.79 Å². The van der Waals surface area contributed by atoms with E-state index < -0.39 is 24.0 Å². The van der Waals surface area contributed by atoms with E-state index in [9.17, 15) is 9.59 Å². The molecular weight excluding hydrogens is 216 g/mol. The summed E-state index contributed by atoms with van der Waals surface area (Å²) in [4.78, 5) is 22.3. The van der Waals surface area contributed by atoms with Gasteiger partial charge in [-0.2, -0.15) is 0 Å². The normalized spacial score (nSPS) is 14.2. The predicted octanol–water partition coefficient (Wildman–Crippen LogP) is -1.43. The Morgan fingerprint density at radius 1 is 1.44 bits per heavy atom. The number of hydrogen-bond acceptors (Lipinski definition) is 5. The fourth-order valence-corrected chi connectivity index (χ4v) is 1.07. The van der Waals surface area contributed by atoms with Crippen molar-refractivity contribution in [3.05, 3.63) is 0 Å². The van der Waals surface area contributed by atoms with Crippen molar-refractivity contribution in [1.29, 1.82) is 0 Å². The van der Waals surface area contributed by atoms with Gasteiger partial charge in [-0.3, -0.25) is 4.79 Å². The van der Waals surface area contributed by atoms with Crippen molar-refractivity contribution in [2.24, 2.45) is 5.73 Å². The van der Waals surface area contributed by atoms with E-state index >= 15 is 0 Å². The smallest absolute Gasteiger partial charge is 0.326 e. The molecule has 0 aliphatic heterocycles. The van der Waals surface area contributed by atoms with Gasteiger partial charge in [0, 0.05) is 33.8 Å². The first-order valence-corrected chi connectivity index (χ1v) is 4.81. The van der Waals surface area contributed by atoms with Gasteiger partial charge >= 0.3 is 5.97 Å². The Hall–Kier alpha value is -1.18. The molecule has 0 spiro atoms. The molecule has 2 atom stereocenters. The third-order valence-electron chi connectivity index (χ3n) is 2.02. The van der Waals surface area contributed by atoms with Gasteiger partial charge in [-0.15, -0.1) is 0 Å². The number of carbonyl (C=O) groups excluding carboxylic acids is 1. The molecule has 0 bridgehead atoms. The molecule has 0 saturated heterocycles. The summed E-state index contributed by atoms with van der Waals surface area (Å²) in [5.41, 5.74) is 5.28. The maximum atomic E-state index is 11.5. The Morgan fingerprint density at radius 3 is 2.44 bits per heavy atom. The number of ether oxygens (including phenoxy) is 2. The molecular formula is C9H18N2O5. The van der Waals surface area contributed by atoms with E-state index in [1.54, 1.807) is 0 Å². The highest BCUT2D eigenvalue weighted by molar-refractivity contribution is 5.86. The van der Waals surface area contributed by atoms with Crippen LogP contribution in [-0.4, -0.2) is 56.5 Å². The summed E-state index contributed by atoms with van der Waals surface area (Å²) >= 11 is 0. The summed E-state index contributed by atoms with van der Waals surface area (Å²) in [5, 5.41) is 11.2. The van der Waals surface area contributed by atoms with E-state index in [2.05, 4.69) is 5.32 Å². The summed E-state index contributed by atoms with van der Waals surface area (Å²) in [5.74, 6) is -1.65. The molecule has 94 valence electrons. The number of nitrogens with one attached hydrogen (secondary N) is 1. The monoisotopic (exact) mass is 234 g/mol. The Labute approximate surface area is 93.9 Å². The molecule has 0 aromatic rings. The van der Waals surface area contributed by atoms with E-state index in [4.69, 9.17) is 20.3 Å². The lowest BCUT2D eigenvalue weighted by molar-refractivity contribution is -0.144. The number of amides is 1. The van der Waals surface area contributed by atoms with Gasteiger partial charge in [-0.05, 0) is 0 Å². The quantitative estimate of drug-likeness (QED) is 0.474. The number of nitrogens with two attached hydrogens (primary N) is 1. The number of carboxylic acid groups (broad SMARTS) is 1. The van der Waals surface area contributed by atoms with Crippen LogP contribution in [0.4, 0.5) is 0 Å². The van der Waals surface area contributed by atoms with Gasteiger partial charge < -0.3 is 25.6 Å². The van der Waals surface area contributed by atoms with Crippen LogP contribution in [0.3, 0.4) is 0 Å². The maximum Gasteiger partial charge on any atom is 0.326 e. The van der Waals surface area contributed by atoms with Gasteiger partial charge in [-0.1, -0.05) is 0 Å². The van der Waals surface area contributed by atoms with E-state index in [0.29, 0.717) is 0 Å². The summed E-state index contributed by atoms with van der Waals surface area (Å²) in [6.07, 6.45) is -0.636. The lowest BCUT2D eigenvalue weighted by Crippen LogP contribution is -2.48. The summed E-state index contributed by atoms with van der Waals surface area (Å²) in [6.45, 7) is 0.246. The highest BCUT2D eigenvalue weighted by Crippen LogP contribution is 1.96. The van der Waals surface area contributed by atoms with Crippen LogP contribution in [0, 0.1) is 0 Å². The highest BCUT2D eigenvalue weighted by atomic mass is 16.5. The molecule has 16 heavy (non-hydrogen) atoms. The van der Waals surface area contributed by atoms with E-state index in [-0.39, 0.29) is 19.6 Å². The van der Waals surface area contributed by atoms with Crippen LogP contribution in [0.15, 0.2) is 0 Å². The topological polar surface area (TPSA) is 111 Å². The van der Waals surface area contributed by atoms with Crippen molar-refractivity contribution in [2.75, 3.05) is 27.4 Å². The molecule has 4 N–H and O–H groups in total. The first-order chi connectivity index (χ1) is 7.56. The minimum absolute atomic E-state index is 0.00104.